The van der Waals surface area contributed by atoms with Crippen LogP contribution in [0.25, 0.3) is 0 Å². The molecule has 8 heteroatoms. The molecule has 0 spiro atoms. The van der Waals surface area contributed by atoms with Crippen LogP contribution in [0.5, 0.6) is 5.75 Å². The van der Waals surface area contributed by atoms with Gasteiger partial charge < -0.3 is 14.8 Å². The molecule has 6 nitrogen and oxygen atoms in total. The molecule has 1 heterocycles. The van der Waals surface area contributed by atoms with Crippen LogP contribution in [-0.4, -0.2) is 30.1 Å². The number of nitrogens with one attached hydrogen (secondary N) is 1. The highest BCUT2D eigenvalue weighted by Crippen LogP contribution is 2.28. The Balaban J connectivity index is 1.79. The minimum Gasteiger partial charge on any atom is -0.491 e. The van der Waals surface area contributed by atoms with Gasteiger partial charge in [0.1, 0.15) is 17.4 Å². The van der Waals surface area contributed by atoms with Gasteiger partial charge >= 0.3 is 5.97 Å². The van der Waals surface area contributed by atoms with Crippen molar-refractivity contribution in [2.45, 2.75) is 30.6 Å². The van der Waals surface area contributed by atoms with Crippen molar-refractivity contribution in [1.82, 2.24) is 4.98 Å². The summed E-state index contributed by atoms with van der Waals surface area (Å²) in [6, 6.07) is 14.8. The molecule has 0 bridgehead atoms. The molecule has 32 heavy (non-hydrogen) atoms. The molecule has 2 aromatic carbocycles. The number of thioether (sulfide) groups is 1. The van der Waals surface area contributed by atoms with Crippen molar-refractivity contribution in [3.8, 4) is 5.75 Å². The third-order valence-electron chi connectivity index (χ3n) is 4.26. The number of carbonyl (C=O) groups excluding carboxylic acids is 2. The summed E-state index contributed by atoms with van der Waals surface area (Å²) in [5, 5.41) is 2.71. The predicted molar refractivity (Wildman–Crippen MR) is 122 cm³/mol. The first kappa shape index (κ1) is 23.3. The molecule has 0 aliphatic rings. The first-order valence-electron chi connectivity index (χ1n) is 9.89. The Bertz CT molecular complexity index is 1100. The number of ether oxygens (including phenoxy) is 2. The quantitative estimate of drug-likeness (QED) is 0.366. The summed E-state index contributed by atoms with van der Waals surface area (Å²) >= 11 is 1.34. The van der Waals surface area contributed by atoms with E-state index in [1.54, 1.807) is 30.3 Å². The molecule has 3 rings (SSSR count). The topological polar surface area (TPSA) is 77.5 Å². The third kappa shape index (κ3) is 6.31. The summed E-state index contributed by atoms with van der Waals surface area (Å²) in [6.45, 7) is 3.79. The Morgan fingerprint density at radius 2 is 1.88 bits per heavy atom. The van der Waals surface area contributed by atoms with Crippen molar-refractivity contribution in [2.75, 3.05) is 12.4 Å². The van der Waals surface area contributed by atoms with Crippen LogP contribution in [0.1, 0.15) is 40.1 Å². The maximum atomic E-state index is 13.9. The zero-order chi connectivity index (χ0) is 23.1. The number of nitrogens with zero attached hydrogens (tertiary/aromatic N) is 1. The van der Waals surface area contributed by atoms with E-state index in [0.29, 0.717) is 27.8 Å². The Labute approximate surface area is 190 Å². The van der Waals surface area contributed by atoms with E-state index in [-0.39, 0.29) is 23.4 Å². The number of aromatic nitrogens is 1. The van der Waals surface area contributed by atoms with Crippen molar-refractivity contribution in [1.29, 1.82) is 0 Å². The number of hydrogen-bond donors (Lipinski definition) is 1. The van der Waals surface area contributed by atoms with Gasteiger partial charge in [0.2, 0.25) is 0 Å². The molecule has 1 N–H and O–H groups in total. The zero-order valence-corrected chi connectivity index (χ0v) is 18.7. The summed E-state index contributed by atoms with van der Waals surface area (Å²) in [7, 11) is 1.28. The average Bonchev–Trinajstić information content (AvgIpc) is 2.78. The molecule has 166 valence electrons. The van der Waals surface area contributed by atoms with Gasteiger partial charge in [0.15, 0.2) is 0 Å². The van der Waals surface area contributed by atoms with Gasteiger partial charge in [0.05, 0.1) is 18.8 Å². The van der Waals surface area contributed by atoms with E-state index in [0.717, 1.165) is 5.56 Å². The van der Waals surface area contributed by atoms with Crippen molar-refractivity contribution in [2.24, 2.45) is 0 Å². The number of anilines is 1. The first-order chi connectivity index (χ1) is 15.4. The molecule has 3 aromatic rings. The fourth-order valence-electron chi connectivity index (χ4n) is 2.83. The maximum absolute atomic E-state index is 13.9. The number of benzene rings is 2. The van der Waals surface area contributed by atoms with Crippen LogP contribution in [-0.2, 0) is 10.5 Å². The monoisotopic (exact) mass is 454 g/mol. The fourth-order valence-corrected chi connectivity index (χ4v) is 3.70. The molecule has 0 aliphatic heterocycles. The molecule has 0 radical (unpaired) electrons. The van der Waals surface area contributed by atoms with Gasteiger partial charge in [0, 0.05) is 22.4 Å². The van der Waals surface area contributed by atoms with Gasteiger partial charge in [-0.15, -0.1) is 11.8 Å². The number of hydrogen-bond acceptors (Lipinski definition) is 6. The summed E-state index contributed by atoms with van der Waals surface area (Å²) in [6.07, 6.45) is 1.25. The smallest absolute Gasteiger partial charge is 0.339 e. The lowest BCUT2D eigenvalue weighted by atomic mass is 10.1. The second-order valence-corrected chi connectivity index (χ2v) is 8.15. The van der Waals surface area contributed by atoms with Gasteiger partial charge in [-0.25, -0.2) is 14.2 Å². The summed E-state index contributed by atoms with van der Waals surface area (Å²) in [5.41, 5.74) is 1.48. The van der Waals surface area contributed by atoms with E-state index in [1.807, 2.05) is 19.9 Å². The molecule has 1 aromatic heterocycles. The van der Waals surface area contributed by atoms with Crippen LogP contribution in [0.15, 0.2) is 65.7 Å². The number of carbonyl (C=O) groups is 2. The Hall–Kier alpha value is -3.39. The third-order valence-corrected chi connectivity index (χ3v) is 5.38. The van der Waals surface area contributed by atoms with E-state index in [2.05, 4.69) is 15.0 Å². The van der Waals surface area contributed by atoms with Gasteiger partial charge in [0.25, 0.3) is 5.91 Å². The van der Waals surface area contributed by atoms with E-state index >= 15 is 0 Å². The van der Waals surface area contributed by atoms with Crippen molar-refractivity contribution < 1.29 is 23.5 Å². The number of amides is 1. The van der Waals surface area contributed by atoms with Crippen molar-refractivity contribution >= 4 is 29.5 Å². The number of halogens is 1. The SMILES string of the molecule is COC(=O)c1ccc(NC(=O)c2cc(CSc3ccccc3F)cc(OC(C)C)c2)nc1. The van der Waals surface area contributed by atoms with Crippen LogP contribution >= 0.6 is 11.8 Å². The molecule has 0 fully saturated rings. The molecule has 1 amide bonds. The summed E-state index contributed by atoms with van der Waals surface area (Å²) < 4.78 is 24.4. The molecule has 0 atom stereocenters. The second kappa shape index (κ2) is 10.8. The molecule has 0 unspecified atom stereocenters. The van der Waals surface area contributed by atoms with Gasteiger partial charge in [-0.1, -0.05) is 12.1 Å². The van der Waals surface area contributed by atoms with Crippen LogP contribution in [0.2, 0.25) is 0 Å². The number of pyridine rings is 1. The van der Waals surface area contributed by atoms with Crippen molar-refractivity contribution in [3.05, 3.63) is 83.3 Å². The standard InChI is InChI=1S/C24H23FN2O4S/c1-15(2)31-19-11-16(14-32-21-7-5-4-6-20(21)25)10-18(12-19)23(28)27-22-9-8-17(13-26-22)24(29)30-3/h4-13,15H,14H2,1-3H3,(H,26,27,28). The van der Waals surface area contributed by atoms with Crippen LogP contribution in [0, 0.1) is 5.82 Å². The van der Waals surface area contributed by atoms with E-state index in [1.165, 1.54) is 43.3 Å². The lowest BCUT2D eigenvalue weighted by Gasteiger charge is -2.14. The fraction of sp³-hybridized carbons (Fsp3) is 0.208. The minimum absolute atomic E-state index is 0.0760. The molecule has 0 saturated carbocycles. The van der Waals surface area contributed by atoms with Crippen LogP contribution in [0.3, 0.4) is 0 Å². The maximum Gasteiger partial charge on any atom is 0.339 e. The highest BCUT2D eigenvalue weighted by Gasteiger charge is 2.13. The van der Waals surface area contributed by atoms with Crippen molar-refractivity contribution in [3.63, 3.8) is 0 Å². The molecular weight excluding hydrogens is 431 g/mol. The van der Waals surface area contributed by atoms with Gasteiger partial charge in [-0.05, 0) is 61.9 Å². The normalized spacial score (nSPS) is 10.7. The van der Waals surface area contributed by atoms with E-state index < -0.39 is 5.97 Å². The summed E-state index contributed by atoms with van der Waals surface area (Å²) in [4.78, 5) is 29.0. The number of methoxy groups -OCH3 is 1. The molecular formula is C24H23FN2O4S. The van der Waals surface area contributed by atoms with Crippen LogP contribution in [0.4, 0.5) is 10.2 Å². The van der Waals surface area contributed by atoms with Gasteiger partial charge in [-0.3, -0.25) is 4.79 Å². The highest BCUT2D eigenvalue weighted by atomic mass is 32.2. The van der Waals surface area contributed by atoms with Gasteiger partial charge in [-0.2, -0.15) is 0 Å². The predicted octanol–water partition coefficient (Wildman–Crippen LogP) is 5.34. The Morgan fingerprint density at radius 3 is 2.53 bits per heavy atom. The zero-order valence-electron chi connectivity index (χ0n) is 17.9. The largest absolute Gasteiger partial charge is 0.491 e. The highest BCUT2D eigenvalue weighted by molar-refractivity contribution is 7.98. The second-order valence-electron chi connectivity index (χ2n) is 7.13. The first-order valence-corrected chi connectivity index (χ1v) is 10.9. The molecule has 0 saturated heterocycles. The van der Waals surface area contributed by atoms with Crippen LogP contribution < -0.4 is 10.1 Å². The number of rotatable bonds is 8. The Kier molecular flexibility index (Phi) is 7.83. The average molecular weight is 455 g/mol. The number of esters is 1. The lowest BCUT2D eigenvalue weighted by Crippen LogP contribution is -2.14. The molecule has 0 aliphatic carbocycles. The Morgan fingerprint density at radius 1 is 1.09 bits per heavy atom. The minimum atomic E-state index is -0.508. The lowest BCUT2D eigenvalue weighted by molar-refractivity contribution is 0.0600. The van der Waals surface area contributed by atoms with E-state index in [4.69, 9.17) is 4.74 Å². The van der Waals surface area contributed by atoms with E-state index in [9.17, 15) is 14.0 Å². The summed E-state index contributed by atoms with van der Waals surface area (Å²) in [5.74, 6) is 0.126.